The van der Waals surface area contributed by atoms with Crippen LogP contribution in [-0.2, 0) is 19.4 Å². The first-order valence-electron chi connectivity index (χ1n) is 9.49. The fraction of sp³-hybridized carbons (Fsp3) is 0.400. The zero-order valence-corrected chi connectivity index (χ0v) is 17.4. The number of amides is 2. The monoisotopic (exact) mass is 438 g/mol. The molecule has 156 valence electrons. The Morgan fingerprint density at radius 1 is 1.07 bits per heavy atom. The topological polar surface area (TPSA) is 92.3 Å². The van der Waals surface area contributed by atoms with Gasteiger partial charge in [-0.1, -0.05) is 25.3 Å². The van der Waals surface area contributed by atoms with Crippen molar-refractivity contribution in [1.29, 1.82) is 0 Å². The molecule has 1 aromatic carbocycles. The fourth-order valence-electron chi connectivity index (χ4n) is 3.39. The number of hydrogen-bond acceptors (Lipinski definition) is 5. The van der Waals surface area contributed by atoms with Crippen LogP contribution in [0, 0.1) is 5.82 Å². The van der Waals surface area contributed by atoms with Crippen LogP contribution < -0.4 is 10.6 Å². The van der Waals surface area contributed by atoms with Crippen LogP contribution in [0.2, 0.25) is 0 Å². The van der Waals surface area contributed by atoms with E-state index >= 15 is 0 Å². The minimum Gasteiger partial charge on any atom is -0.346 e. The van der Waals surface area contributed by atoms with E-state index in [-0.39, 0.29) is 17.5 Å². The zero-order chi connectivity index (χ0) is 20.9. The smallest absolute Gasteiger partial charge is 0.309 e. The Balaban J connectivity index is 1.70. The first-order chi connectivity index (χ1) is 13.9. The Morgan fingerprint density at radius 3 is 2.38 bits per heavy atom. The summed E-state index contributed by atoms with van der Waals surface area (Å²) in [6.45, 7) is -0.253. The lowest BCUT2D eigenvalue weighted by Crippen LogP contribution is -2.46. The zero-order valence-electron chi connectivity index (χ0n) is 15.8. The van der Waals surface area contributed by atoms with E-state index in [0.29, 0.717) is 4.88 Å². The largest absolute Gasteiger partial charge is 0.346 e. The first kappa shape index (κ1) is 21.4. The Labute approximate surface area is 173 Å². The summed E-state index contributed by atoms with van der Waals surface area (Å²) in [5.41, 5.74) is 0. The minimum absolute atomic E-state index is 0.0157. The van der Waals surface area contributed by atoms with Gasteiger partial charge in [0.2, 0.25) is 0 Å². The van der Waals surface area contributed by atoms with E-state index in [1.807, 2.05) is 0 Å². The van der Waals surface area contributed by atoms with Crippen molar-refractivity contribution < 1.29 is 22.4 Å². The highest BCUT2D eigenvalue weighted by Gasteiger charge is 2.31. The molecule has 1 fully saturated rings. The summed E-state index contributed by atoms with van der Waals surface area (Å²) in [6, 6.07) is 7.91. The van der Waals surface area contributed by atoms with Gasteiger partial charge in [0.25, 0.3) is 0 Å². The van der Waals surface area contributed by atoms with Crippen LogP contribution in [0.15, 0.2) is 46.7 Å². The molecule has 1 heterocycles. The number of carbonyl (C=O) groups is 2. The lowest BCUT2D eigenvalue weighted by molar-refractivity contribution is -0.139. The third kappa shape index (κ3) is 5.42. The molecule has 0 aliphatic heterocycles. The number of benzene rings is 1. The van der Waals surface area contributed by atoms with Crippen LogP contribution in [0.1, 0.15) is 42.2 Å². The average Bonchev–Trinajstić information content (AvgIpc) is 3.23. The Morgan fingerprint density at radius 2 is 1.76 bits per heavy atom. The van der Waals surface area contributed by atoms with Gasteiger partial charge < -0.3 is 10.6 Å². The van der Waals surface area contributed by atoms with Gasteiger partial charge in [-0.05, 0) is 48.6 Å². The Hall–Kier alpha value is -2.26. The van der Waals surface area contributed by atoms with Gasteiger partial charge >= 0.3 is 11.8 Å². The fourth-order valence-corrected chi connectivity index (χ4v) is 6.17. The third-order valence-electron chi connectivity index (χ3n) is 4.97. The molecule has 1 atom stereocenters. The molecule has 2 N–H and O–H groups in total. The normalized spacial score (nSPS) is 16.2. The molecule has 1 saturated carbocycles. The number of sulfone groups is 1. The first-order valence-corrected chi connectivity index (χ1v) is 11.9. The molecule has 0 saturated heterocycles. The molecule has 1 aromatic heterocycles. The summed E-state index contributed by atoms with van der Waals surface area (Å²) in [7, 11) is -3.89. The number of thiophene rings is 1. The molecule has 0 unspecified atom stereocenters. The number of hydrogen-bond donors (Lipinski definition) is 2. The van der Waals surface area contributed by atoms with E-state index in [2.05, 4.69) is 10.6 Å². The molecule has 2 amide bonds. The van der Waals surface area contributed by atoms with Gasteiger partial charge in [-0.3, -0.25) is 9.59 Å². The van der Waals surface area contributed by atoms with Crippen LogP contribution in [-0.4, -0.2) is 32.8 Å². The van der Waals surface area contributed by atoms with Crippen molar-refractivity contribution in [2.75, 3.05) is 6.54 Å². The second kappa shape index (κ2) is 9.49. The third-order valence-corrected chi connectivity index (χ3v) is 8.21. The lowest BCUT2D eigenvalue weighted by atomic mass is 9.95. The van der Waals surface area contributed by atoms with E-state index in [1.165, 1.54) is 23.5 Å². The standard InChI is InChI=1S/C20H23FN2O4S2/c21-14-8-10-16(11-9-14)29(26,27)18(17-7-4-12-28-17)13-22-19(24)20(25)23-15-5-2-1-3-6-15/h4,7-12,15,18H,1-3,5-6,13H2,(H,22,24)(H,23,25)/t18-/m1/s1. The number of halogens is 1. The molecule has 2 aromatic rings. The molecule has 0 spiro atoms. The van der Waals surface area contributed by atoms with Crippen LogP contribution in [0.25, 0.3) is 0 Å². The average molecular weight is 439 g/mol. The van der Waals surface area contributed by atoms with Crippen LogP contribution in [0.3, 0.4) is 0 Å². The van der Waals surface area contributed by atoms with E-state index < -0.39 is 32.7 Å². The van der Waals surface area contributed by atoms with E-state index in [1.54, 1.807) is 17.5 Å². The predicted molar refractivity (Wildman–Crippen MR) is 109 cm³/mol. The van der Waals surface area contributed by atoms with Gasteiger partial charge in [0.05, 0.1) is 4.90 Å². The molecule has 29 heavy (non-hydrogen) atoms. The maximum atomic E-state index is 13.2. The second-order valence-corrected chi connectivity index (χ2v) is 10.1. The summed E-state index contributed by atoms with van der Waals surface area (Å²) in [5.74, 6) is -2.14. The highest BCUT2D eigenvalue weighted by atomic mass is 32.2. The Kier molecular flexibility index (Phi) is 7.02. The van der Waals surface area contributed by atoms with Gasteiger partial charge in [-0.2, -0.15) is 0 Å². The van der Waals surface area contributed by atoms with Crippen LogP contribution in [0.5, 0.6) is 0 Å². The molecule has 9 heteroatoms. The number of nitrogens with one attached hydrogen (secondary N) is 2. The molecule has 6 nitrogen and oxygen atoms in total. The predicted octanol–water partition coefficient (Wildman–Crippen LogP) is 2.97. The molecule has 1 aliphatic carbocycles. The van der Waals surface area contributed by atoms with Crippen LogP contribution in [0.4, 0.5) is 4.39 Å². The summed E-state index contributed by atoms with van der Waals surface area (Å²) < 4.78 is 39.3. The number of rotatable bonds is 6. The molecular formula is C20H23FN2O4S2. The van der Waals surface area contributed by atoms with Gasteiger partial charge in [0.1, 0.15) is 11.1 Å². The summed E-state index contributed by atoms with van der Waals surface area (Å²) in [5, 5.41) is 5.83. The molecular weight excluding hydrogens is 415 g/mol. The Bertz CT molecular complexity index is 937. The van der Waals surface area contributed by atoms with E-state index in [0.717, 1.165) is 44.2 Å². The van der Waals surface area contributed by atoms with Crippen molar-refractivity contribution >= 4 is 33.0 Å². The summed E-state index contributed by atoms with van der Waals surface area (Å²) in [6.07, 6.45) is 4.85. The van der Waals surface area contributed by atoms with Gasteiger partial charge in [-0.25, -0.2) is 12.8 Å². The molecule has 3 rings (SSSR count). The van der Waals surface area contributed by atoms with Crippen molar-refractivity contribution in [3.05, 3.63) is 52.5 Å². The minimum atomic E-state index is -3.89. The summed E-state index contributed by atoms with van der Waals surface area (Å²) in [4.78, 5) is 24.9. The van der Waals surface area contributed by atoms with Crippen molar-refractivity contribution in [2.45, 2.75) is 48.3 Å². The maximum Gasteiger partial charge on any atom is 0.309 e. The van der Waals surface area contributed by atoms with Crippen molar-refractivity contribution in [3.63, 3.8) is 0 Å². The van der Waals surface area contributed by atoms with Gasteiger partial charge in [0.15, 0.2) is 9.84 Å². The molecule has 1 aliphatic rings. The lowest BCUT2D eigenvalue weighted by Gasteiger charge is -2.22. The van der Waals surface area contributed by atoms with Gasteiger partial charge in [-0.15, -0.1) is 11.3 Å². The second-order valence-electron chi connectivity index (χ2n) is 7.02. The summed E-state index contributed by atoms with van der Waals surface area (Å²) >= 11 is 1.24. The van der Waals surface area contributed by atoms with Crippen molar-refractivity contribution in [3.8, 4) is 0 Å². The molecule has 0 radical (unpaired) electrons. The quantitative estimate of drug-likeness (QED) is 0.536. The number of carbonyl (C=O) groups excluding carboxylic acids is 2. The van der Waals surface area contributed by atoms with Crippen LogP contribution >= 0.6 is 11.3 Å². The highest BCUT2D eigenvalue weighted by Crippen LogP contribution is 2.31. The maximum absolute atomic E-state index is 13.2. The highest BCUT2D eigenvalue weighted by molar-refractivity contribution is 7.91. The van der Waals surface area contributed by atoms with E-state index in [9.17, 15) is 22.4 Å². The SMILES string of the molecule is O=C(NC[C@H](c1cccs1)S(=O)(=O)c1ccc(F)cc1)C(=O)NC1CCCCC1. The van der Waals surface area contributed by atoms with E-state index in [4.69, 9.17) is 0 Å². The molecule has 0 bridgehead atoms. The van der Waals surface area contributed by atoms with Gasteiger partial charge in [0, 0.05) is 17.5 Å². The van der Waals surface area contributed by atoms with Crippen molar-refractivity contribution in [2.24, 2.45) is 0 Å². The van der Waals surface area contributed by atoms with Crippen molar-refractivity contribution in [1.82, 2.24) is 10.6 Å².